The Balaban J connectivity index is 2.36. The molecule has 2 nitrogen and oxygen atoms in total. The molecule has 3 heteroatoms. The highest BCUT2D eigenvalue weighted by molar-refractivity contribution is 6.30. The van der Waals surface area contributed by atoms with Crippen molar-refractivity contribution in [3.63, 3.8) is 0 Å². The third-order valence-corrected chi connectivity index (χ3v) is 3.05. The molecule has 1 N–H and O–H groups in total. The number of aromatic nitrogens is 1. The molecule has 1 aromatic heterocycles. The SMILES string of the molecule is CCc1cnccc1C(O)c1ccc(Cl)cc1. The fraction of sp³-hybridized carbons (Fsp3) is 0.214. The first-order chi connectivity index (χ1) is 8.22. The van der Waals surface area contributed by atoms with Crippen molar-refractivity contribution >= 4 is 11.6 Å². The van der Waals surface area contributed by atoms with Crippen LogP contribution in [0.3, 0.4) is 0 Å². The van der Waals surface area contributed by atoms with E-state index in [1.54, 1.807) is 24.5 Å². The lowest BCUT2D eigenvalue weighted by atomic mass is 9.97. The van der Waals surface area contributed by atoms with Crippen LogP contribution in [-0.4, -0.2) is 10.1 Å². The summed E-state index contributed by atoms with van der Waals surface area (Å²) < 4.78 is 0. The summed E-state index contributed by atoms with van der Waals surface area (Å²) in [5, 5.41) is 11.0. The van der Waals surface area contributed by atoms with E-state index < -0.39 is 6.10 Å². The monoisotopic (exact) mass is 247 g/mol. The van der Waals surface area contributed by atoms with Gasteiger partial charge in [0.05, 0.1) is 0 Å². The molecule has 0 spiro atoms. The number of pyridine rings is 1. The fourth-order valence-corrected chi connectivity index (χ4v) is 1.95. The zero-order chi connectivity index (χ0) is 12.3. The number of aryl methyl sites for hydroxylation is 1. The third-order valence-electron chi connectivity index (χ3n) is 2.80. The Morgan fingerprint density at radius 2 is 1.94 bits per heavy atom. The molecule has 1 atom stereocenters. The van der Waals surface area contributed by atoms with E-state index in [1.165, 1.54) is 0 Å². The minimum Gasteiger partial charge on any atom is -0.384 e. The molecule has 17 heavy (non-hydrogen) atoms. The summed E-state index contributed by atoms with van der Waals surface area (Å²) in [5.74, 6) is 0. The zero-order valence-corrected chi connectivity index (χ0v) is 10.4. The quantitative estimate of drug-likeness (QED) is 0.902. The first kappa shape index (κ1) is 12.1. The first-order valence-corrected chi connectivity index (χ1v) is 5.96. The number of benzene rings is 1. The first-order valence-electron chi connectivity index (χ1n) is 5.58. The van der Waals surface area contributed by atoms with E-state index >= 15 is 0 Å². The minimum absolute atomic E-state index is 0.620. The minimum atomic E-state index is -0.620. The highest BCUT2D eigenvalue weighted by atomic mass is 35.5. The highest BCUT2D eigenvalue weighted by Gasteiger charge is 2.13. The van der Waals surface area contributed by atoms with E-state index in [0.29, 0.717) is 5.02 Å². The van der Waals surface area contributed by atoms with Gasteiger partial charge < -0.3 is 5.11 Å². The molecule has 88 valence electrons. The van der Waals surface area contributed by atoms with Crippen molar-refractivity contribution in [3.8, 4) is 0 Å². The lowest BCUT2D eigenvalue weighted by Gasteiger charge is -2.14. The van der Waals surface area contributed by atoms with Gasteiger partial charge in [0.15, 0.2) is 0 Å². The van der Waals surface area contributed by atoms with Gasteiger partial charge in [-0.15, -0.1) is 0 Å². The van der Waals surface area contributed by atoms with Crippen molar-refractivity contribution in [1.82, 2.24) is 4.98 Å². The second kappa shape index (κ2) is 5.30. The van der Waals surface area contributed by atoms with Crippen molar-refractivity contribution in [2.24, 2.45) is 0 Å². The molecular formula is C14H14ClNO. The summed E-state index contributed by atoms with van der Waals surface area (Å²) in [6, 6.07) is 9.11. The largest absolute Gasteiger partial charge is 0.384 e. The maximum Gasteiger partial charge on any atom is 0.104 e. The van der Waals surface area contributed by atoms with Crippen molar-refractivity contribution in [1.29, 1.82) is 0 Å². The molecular weight excluding hydrogens is 234 g/mol. The lowest BCUT2D eigenvalue weighted by Crippen LogP contribution is -2.03. The topological polar surface area (TPSA) is 33.1 Å². The molecule has 0 radical (unpaired) electrons. The lowest BCUT2D eigenvalue weighted by molar-refractivity contribution is 0.219. The summed E-state index contributed by atoms with van der Waals surface area (Å²) in [6.45, 7) is 2.05. The Kier molecular flexibility index (Phi) is 3.77. The molecule has 0 fully saturated rings. The number of rotatable bonds is 3. The van der Waals surface area contributed by atoms with Crippen LogP contribution in [0.25, 0.3) is 0 Å². The predicted molar refractivity (Wildman–Crippen MR) is 69.1 cm³/mol. The average molecular weight is 248 g/mol. The molecule has 1 aromatic carbocycles. The zero-order valence-electron chi connectivity index (χ0n) is 9.60. The average Bonchev–Trinajstić information content (AvgIpc) is 2.39. The van der Waals surface area contributed by atoms with Gasteiger partial charge in [-0.25, -0.2) is 0 Å². The summed E-state index contributed by atoms with van der Waals surface area (Å²) in [7, 11) is 0. The summed E-state index contributed by atoms with van der Waals surface area (Å²) in [6.07, 6.45) is 3.74. The van der Waals surface area contributed by atoms with Crippen molar-refractivity contribution in [3.05, 3.63) is 64.4 Å². The van der Waals surface area contributed by atoms with Crippen LogP contribution in [-0.2, 0) is 6.42 Å². The molecule has 1 heterocycles. The molecule has 0 aliphatic heterocycles. The molecule has 0 aliphatic carbocycles. The maximum absolute atomic E-state index is 10.3. The van der Waals surface area contributed by atoms with Crippen molar-refractivity contribution in [2.75, 3.05) is 0 Å². The smallest absolute Gasteiger partial charge is 0.104 e. The fourth-order valence-electron chi connectivity index (χ4n) is 1.82. The number of aliphatic hydroxyl groups is 1. The molecule has 0 amide bonds. The Morgan fingerprint density at radius 1 is 1.24 bits per heavy atom. The van der Waals surface area contributed by atoms with E-state index in [4.69, 9.17) is 11.6 Å². The van der Waals surface area contributed by atoms with E-state index in [1.807, 2.05) is 18.2 Å². The Morgan fingerprint density at radius 3 is 2.59 bits per heavy atom. The van der Waals surface area contributed by atoms with Gasteiger partial charge in [0, 0.05) is 17.4 Å². The molecule has 2 rings (SSSR count). The normalized spacial score (nSPS) is 12.4. The van der Waals surface area contributed by atoms with Crippen LogP contribution < -0.4 is 0 Å². The summed E-state index contributed by atoms with van der Waals surface area (Å²) in [5.41, 5.74) is 2.81. The van der Waals surface area contributed by atoms with Crippen LogP contribution in [0.4, 0.5) is 0 Å². The summed E-state index contributed by atoms with van der Waals surface area (Å²) >= 11 is 5.83. The third kappa shape index (κ3) is 2.65. The van der Waals surface area contributed by atoms with E-state index in [-0.39, 0.29) is 0 Å². The molecule has 0 aliphatic rings. The molecule has 1 unspecified atom stereocenters. The van der Waals surface area contributed by atoms with Gasteiger partial charge in [-0.3, -0.25) is 4.98 Å². The van der Waals surface area contributed by atoms with Crippen LogP contribution in [0.2, 0.25) is 5.02 Å². The van der Waals surface area contributed by atoms with E-state index in [2.05, 4.69) is 11.9 Å². The van der Waals surface area contributed by atoms with Gasteiger partial charge in [-0.2, -0.15) is 0 Å². The number of hydrogen-bond acceptors (Lipinski definition) is 2. The Bertz CT molecular complexity index is 496. The van der Waals surface area contributed by atoms with Crippen LogP contribution in [0, 0.1) is 0 Å². The van der Waals surface area contributed by atoms with Gasteiger partial charge in [0.25, 0.3) is 0 Å². The van der Waals surface area contributed by atoms with Gasteiger partial charge in [-0.1, -0.05) is 30.7 Å². The Hall–Kier alpha value is -1.38. The predicted octanol–water partition coefficient (Wildman–Crippen LogP) is 3.38. The number of nitrogens with zero attached hydrogens (tertiary/aromatic N) is 1. The molecule has 0 bridgehead atoms. The molecule has 0 saturated carbocycles. The van der Waals surface area contributed by atoms with Crippen LogP contribution in [0.1, 0.15) is 29.7 Å². The summed E-state index contributed by atoms with van der Waals surface area (Å²) in [4.78, 5) is 4.07. The van der Waals surface area contributed by atoms with Gasteiger partial charge in [0.2, 0.25) is 0 Å². The second-order valence-electron chi connectivity index (χ2n) is 3.88. The molecule has 2 aromatic rings. The van der Waals surface area contributed by atoms with Crippen LogP contribution in [0.15, 0.2) is 42.7 Å². The van der Waals surface area contributed by atoms with Crippen molar-refractivity contribution < 1.29 is 5.11 Å². The van der Waals surface area contributed by atoms with Gasteiger partial charge >= 0.3 is 0 Å². The number of halogens is 1. The maximum atomic E-state index is 10.3. The number of aliphatic hydroxyl groups excluding tert-OH is 1. The second-order valence-corrected chi connectivity index (χ2v) is 4.32. The van der Waals surface area contributed by atoms with Crippen LogP contribution >= 0.6 is 11.6 Å². The van der Waals surface area contributed by atoms with Gasteiger partial charge in [0.1, 0.15) is 6.10 Å². The van der Waals surface area contributed by atoms with E-state index in [9.17, 15) is 5.11 Å². The van der Waals surface area contributed by atoms with E-state index in [0.717, 1.165) is 23.1 Å². The Labute approximate surface area is 106 Å². The van der Waals surface area contributed by atoms with Gasteiger partial charge in [-0.05, 0) is 41.3 Å². The van der Waals surface area contributed by atoms with Crippen LogP contribution in [0.5, 0.6) is 0 Å². The molecule has 0 saturated heterocycles. The number of hydrogen-bond donors (Lipinski definition) is 1. The highest BCUT2D eigenvalue weighted by Crippen LogP contribution is 2.25. The standard InChI is InChI=1S/C14H14ClNO/c1-2-10-9-16-8-7-13(10)14(17)11-3-5-12(15)6-4-11/h3-9,14,17H,2H2,1H3. The van der Waals surface area contributed by atoms with Crippen molar-refractivity contribution in [2.45, 2.75) is 19.4 Å².